The van der Waals surface area contributed by atoms with Gasteiger partial charge in [-0.25, -0.2) is 4.79 Å². The highest BCUT2D eigenvalue weighted by atomic mass is 127. The van der Waals surface area contributed by atoms with Crippen LogP contribution >= 0.6 is 22.6 Å². The molecule has 1 aliphatic heterocycles. The summed E-state index contributed by atoms with van der Waals surface area (Å²) in [5, 5.41) is 9.21. The van der Waals surface area contributed by atoms with Gasteiger partial charge in [-0.2, -0.15) is 0 Å². The second-order valence-corrected chi connectivity index (χ2v) is 6.10. The molecule has 4 nitrogen and oxygen atoms in total. The minimum Gasteiger partial charge on any atom is -0.477 e. The van der Waals surface area contributed by atoms with E-state index in [1.165, 1.54) is 0 Å². The molecule has 1 aromatic heterocycles. The van der Waals surface area contributed by atoms with E-state index in [4.69, 9.17) is 0 Å². The Kier molecular flexibility index (Phi) is 3.77. The van der Waals surface area contributed by atoms with Gasteiger partial charge in [0, 0.05) is 22.4 Å². The minimum absolute atomic E-state index is 0.306. The fraction of sp³-hybridized carbons (Fsp3) is 0.583. The maximum absolute atomic E-state index is 11.2. The molecule has 0 saturated carbocycles. The van der Waals surface area contributed by atoms with E-state index in [0.29, 0.717) is 17.7 Å². The highest BCUT2D eigenvalue weighted by Crippen LogP contribution is 2.30. The summed E-state index contributed by atoms with van der Waals surface area (Å²) in [5.41, 5.74) is 0.413. The molecule has 1 N–H and O–H groups in total. The van der Waals surface area contributed by atoms with Crippen LogP contribution in [0.25, 0.3) is 0 Å². The average Bonchev–Trinajstić information content (AvgIpc) is 2.60. The molecule has 0 amide bonds. The second-order valence-electron chi connectivity index (χ2n) is 4.85. The molecule has 1 fully saturated rings. The number of hydrogen-bond acceptors (Lipinski definition) is 2. The Morgan fingerprint density at radius 3 is 2.88 bits per heavy atom. The van der Waals surface area contributed by atoms with Gasteiger partial charge in [-0.15, -0.1) is 0 Å². The number of carbonyl (C=O) groups is 1. The summed E-state index contributed by atoms with van der Waals surface area (Å²) in [4.78, 5) is 13.5. The number of aromatic carboxylic acids is 1. The van der Waals surface area contributed by atoms with Gasteiger partial charge in [-0.05, 0) is 54.6 Å². The molecule has 2 heterocycles. The first kappa shape index (κ1) is 12.9. The van der Waals surface area contributed by atoms with Crippen molar-refractivity contribution in [3.05, 3.63) is 21.5 Å². The molecular weight excluding hydrogens is 331 g/mol. The molecule has 1 saturated heterocycles. The molecule has 1 aromatic rings. The van der Waals surface area contributed by atoms with Crippen LogP contribution in [0, 0.1) is 9.49 Å². The van der Waals surface area contributed by atoms with Crippen molar-refractivity contribution in [1.82, 2.24) is 9.47 Å². The van der Waals surface area contributed by atoms with E-state index < -0.39 is 5.97 Å². The van der Waals surface area contributed by atoms with Crippen molar-refractivity contribution in [1.29, 1.82) is 0 Å². The maximum atomic E-state index is 11.2. The molecule has 1 aliphatic rings. The molecule has 0 spiro atoms. The first-order chi connectivity index (χ1) is 7.99. The fourth-order valence-corrected chi connectivity index (χ4v) is 3.24. The third-order valence-corrected chi connectivity index (χ3v) is 4.04. The number of nitrogens with zero attached hydrogens (tertiary/aromatic N) is 2. The summed E-state index contributed by atoms with van der Waals surface area (Å²) in [6.07, 6.45) is 2.97. The summed E-state index contributed by atoms with van der Waals surface area (Å²) >= 11 is 2.17. The van der Waals surface area contributed by atoms with Crippen LogP contribution in [0.3, 0.4) is 0 Å². The Labute approximate surface area is 115 Å². The lowest BCUT2D eigenvalue weighted by atomic mass is 9.94. The molecular formula is C12H17IN2O2. The average molecular weight is 348 g/mol. The molecule has 2 atom stereocenters. The predicted octanol–water partition coefficient (Wildman–Crippen LogP) is 2.30. The van der Waals surface area contributed by atoms with E-state index in [1.807, 2.05) is 10.8 Å². The minimum atomic E-state index is -0.834. The van der Waals surface area contributed by atoms with Crippen LogP contribution in [0.5, 0.6) is 0 Å². The van der Waals surface area contributed by atoms with Gasteiger partial charge in [0.2, 0.25) is 0 Å². The highest BCUT2D eigenvalue weighted by Gasteiger charge is 2.28. The van der Waals surface area contributed by atoms with Gasteiger partial charge < -0.3 is 14.6 Å². The molecule has 5 heteroatoms. The number of piperidine rings is 1. The number of hydrogen-bond donors (Lipinski definition) is 1. The quantitative estimate of drug-likeness (QED) is 0.835. The molecule has 2 rings (SSSR count). The molecule has 2 unspecified atom stereocenters. The van der Waals surface area contributed by atoms with E-state index >= 15 is 0 Å². The maximum Gasteiger partial charge on any atom is 0.352 e. The van der Waals surface area contributed by atoms with Gasteiger partial charge in [-0.1, -0.05) is 6.92 Å². The van der Waals surface area contributed by atoms with E-state index in [-0.39, 0.29) is 0 Å². The third-order valence-electron chi connectivity index (χ3n) is 3.45. The van der Waals surface area contributed by atoms with Crippen molar-refractivity contribution in [3.8, 4) is 0 Å². The summed E-state index contributed by atoms with van der Waals surface area (Å²) in [7, 11) is 2.12. The number of carboxylic acid groups (broad SMARTS) is 1. The standard InChI is InChI=1S/C12H17IN2O2/c1-8-6-14(2)4-3-10(8)15-7-9(13)5-11(15)12(16)17/h5,7-8,10H,3-4,6H2,1-2H3,(H,16,17). The monoisotopic (exact) mass is 348 g/mol. The molecule has 0 aliphatic carbocycles. The van der Waals surface area contributed by atoms with Crippen molar-refractivity contribution >= 4 is 28.6 Å². The third kappa shape index (κ3) is 2.65. The lowest BCUT2D eigenvalue weighted by Crippen LogP contribution is -2.38. The number of aromatic nitrogens is 1. The zero-order valence-corrected chi connectivity index (χ0v) is 12.2. The zero-order valence-electron chi connectivity index (χ0n) is 10.1. The fourth-order valence-electron chi connectivity index (χ4n) is 2.65. The Morgan fingerprint density at radius 1 is 1.59 bits per heavy atom. The van der Waals surface area contributed by atoms with Crippen LogP contribution < -0.4 is 0 Å². The number of likely N-dealkylation sites (tertiary alicyclic amines) is 1. The Balaban J connectivity index is 2.30. The van der Waals surface area contributed by atoms with Gasteiger partial charge >= 0.3 is 5.97 Å². The van der Waals surface area contributed by atoms with Gasteiger partial charge in [0.05, 0.1) is 0 Å². The van der Waals surface area contributed by atoms with Crippen LogP contribution in [0.1, 0.15) is 29.9 Å². The largest absolute Gasteiger partial charge is 0.477 e. The van der Waals surface area contributed by atoms with Crippen LogP contribution in [-0.4, -0.2) is 40.7 Å². The van der Waals surface area contributed by atoms with Gasteiger partial charge in [0.1, 0.15) is 5.69 Å². The Bertz CT molecular complexity index is 430. The summed E-state index contributed by atoms with van der Waals surface area (Å²) in [6.45, 7) is 4.25. The van der Waals surface area contributed by atoms with Crippen molar-refractivity contribution in [2.24, 2.45) is 5.92 Å². The summed E-state index contributed by atoms with van der Waals surface area (Å²) < 4.78 is 2.94. The highest BCUT2D eigenvalue weighted by molar-refractivity contribution is 14.1. The summed E-state index contributed by atoms with van der Waals surface area (Å²) in [5.74, 6) is -0.353. The van der Waals surface area contributed by atoms with Gasteiger partial charge in [0.15, 0.2) is 0 Å². The van der Waals surface area contributed by atoms with Crippen molar-refractivity contribution in [3.63, 3.8) is 0 Å². The molecule has 94 valence electrons. The van der Waals surface area contributed by atoms with Crippen LogP contribution in [0.15, 0.2) is 12.3 Å². The lowest BCUT2D eigenvalue weighted by molar-refractivity contribution is 0.0673. The van der Waals surface area contributed by atoms with E-state index in [2.05, 4.69) is 41.5 Å². The van der Waals surface area contributed by atoms with Crippen molar-refractivity contribution in [2.75, 3.05) is 20.1 Å². The van der Waals surface area contributed by atoms with E-state index in [9.17, 15) is 9.90 Å². The lowest BCUT2D eigenvalue weighted by Gasteiger charge is -2.36. The van der Waals surface area contributed by atoms with Crippen LogP contribution in [-0.2, 0) is 0 Å². The van der Waals surface area contributed by atoms with Crippen molar-refractivity contribution in [2.45, 2.75) is 19.4 Å². The van der Waals surface area contributed by atoms with E-state index in [1.54, 1.807) is 6.07 Å². The topological polar surface area (TPSA) is 45.5 Å². The van der Waals surface area contributed by atoms with E-state index in [0.717, 1.165) is 23.1 Å². The SMILES string of the molecule is CC1CN(C)CCC1n1cc(I)cc1C(=O)O. The number of carboxylic acids is 1. The van der Waals surface area contributed by atoms with Gasteiger partial charge in [0.25, 0.3) is 0 Å². The first-order valence-corrected chi connectivity index (χ1v) is 6.86. The zero-order chi connectivity index (χ0) is 12.6. The Hall–Kier alpha value is -0.560. The summed E-state index contributed by atoms with van der Waals surface area (Å²) in [6, 6.07) is 2.05. The predicted molar refractivity (Wildman–Crippen MR) is 74.4 cm³/mol. The van der Waals surface area contributed by atoms with Crippen molar-refractivity contribution < 1.29 is 9.90 Å². The molecule has 0 aromatic carbocycles. The van der Waals surface area contributed by atoms with Gasteiger partial charge in [-0.3, -0.25) is 0 Å². The second kappa shape index (κ2) is 4.97. The molecule has 0 radical (unpaired) electrons. The normalized spacial score (nSPS) is 26.1. The Morgan fingerprint density at radius 2 is 2.29 bits per heavy atom. The first-order valence-electron chi connectivity index (χ1n) is 5.78. The molecule has 17 heavy (non-hydrogen) atoms. The number of rotatable bonds is 2. The van der Waals surface area contributed by atoms with Crippen LogP contribution in [0.4, 0.5) is 0 Å². The smallest absolute Gasteiger partial charge is 0.352 e. The van der Waals surface area contributed by atoms with Crippen LogP contribution in [0.2, 0.25) is 0 Å². The molecule has 0 bridgehead atoms. The number of halogens is 1.